The highest BCUT2D eigenvalue weighted by molar-refractivity contribution is 6.76. The molecule has 1 aliphatic heterocycles. The number of piperidine rings is 1. The van der Waals surface area contributed by atoms with Crippen molar-refractivity contribution in [3.05, 3.63) is 5.69 Å². The van der Waals surface area contributed by atoms with Crippen LogP contribution in [0.5, 0.6) is 0 Å². The van der Waals surface area contributed by atoms with Gasteiger partial charge in [-0.25, -0.2) is 8.78 Å². The van der Waals surface area contributed by atoms with Gasteiger partial charge in [-0.3, -0.25) is 5.10 Å². The third kappa shape index (κ3) is 4.67. The molecule has 0 aromatic carbocycles. The highest BCUT2D eigenvalue weighted by Gasteiger charge is 2.36. The van der Waals surface area contributed by atoms with E-state index in [9.17, 15) is 8.78 Å². The first kappa shape index (κ1) is 17.2. The molecule has 1 aromatic heterocycles. The van der Waals surface area contributed by atoms with Crippen molar-refractivity contribution in [1.29, 1.82) is 0 Å². The molecular weight excluding hydrogens is 306 g/mol. The van der Waals surface area contributed by atoms with Crippen LogP contribution in [0.15, 0.2) is 0 Å². The van der Waals surface area contributed by atoms with Gasteiger partial charge in [-0.15, -0.1) is 0 Å². The SMILES string of the molecule is C[Si](C)(C)COCCc1[nH]nc(N2CCCC(F)(F)C2)c1N. The van der Waals surface area contributed by atoms with Gasteiger partial charge in [0.1, 0.15) is 0 Å². The van der Waals surface area contributed by atoms with E-state index in [2.05, 4.69) is 29.8 Å². The third-order valence-electron chi connectivity index (χ3n) is 3.59. The summed E-state index contributed by atoms with van der Waals surface area (Å²) in [7, 11) is -1.22. The maximum absolute atomic E-state index is 13.5. The molecule has 1 aliphatic rings. The molecule has 0 saturated carbocycles. The van der Waals surface area contributed by atoms with Crippen molar-refractivity contribution in [2.24, 2.45) is 0 Å². The molecule has 0 unspecified atom stereocenters. The average molecular weight is 332 g/mol. The molecule has 126 valence electrons. The molecule has 0 radical (unpaired) electrons. The molecule has 0 amide bonds. The van der Waals surface area contributed by atoms with E-state index >= 15 is 0 Å². The van der Waals surface area contributed by atoms with Gasteiger partial charge in [0.15, 0.2) is 5.82 Å². The van der Waals surface area contributed by atoms with Crippen LogP contribution in [0, 0.1) is 0 Å². The second kappa shape index (κ2) is 6.53. The van der Waals surface area contributed by atoms with Gasteiger partial charge < -0.3 is 15.4 Å². The number of anilines is 2. The van der Waals surface area contributed by atoms with Crippen LogP contribution in [-0.2, 0) is 11.2 Å². The fraction of sp³-hybridized carbons (Fsp3) is 0.786. The lowest BCUT2D eigenvalue weighted by atomic mass is 10.1. The molecular formula is C14H26F2N4OSi. The molecule has 0 spiro atoms. The van der Waals surface area contributed by atoms with E-state index in [1.54, 1.807) is 4.90 Å². The number of nitrogens with two attached hydrogens (primary N) is 1. The van der Waals surface area contributed by atoms with Crippen molar-refractivity contribution in [2.45, 2.75) is 44.8 Å². The molecule has 22 heavy (non-hydrogen) atoms. The molecule has 1 fully saturated rings. The standard InChI is InChI=1S/C14H26F2N4OSi/c1-22(2,3)10-21-8-5-11-12(17)13(19-18-11)20-7-4-6-14(15,16)9-20/h4-10,17H2,1-3H3,(H,18,19). The van der Waals surface area contributed by atoms with Crippen LogP contribution in [0.1, 0.15) is 18.5 Å². The lowest BCUT2D eigenvalue weighted by molar-refractivity contribution is -0.0118. The third-order valence-corrected chi connectivity index (χ3v) is 4.66. The number of rotatable bonds is 6. The summed E-state index contributed by atoms with van der Waals surface area (Å²) in [5, 5.41) is 6.99. The smallest absolute Gasteiger partial charge is 0.265 e. The van der Waals surface area contributed by atoms with Gasteiger partial charge in [0.25, 0.3) is 5.92 Å². The Bertz CT molecular complexity index is 502. The minimum Gasteiger partial charge on any atom is -0.394 e. The number of aromatic amines is 1. The Morgan fingerprint density at radius 1 is 1.41 bits per heavy atom. The number of nitrogens with zero attached hydrogens (tertiary/aromatic N) is 2. The van der Waals surface area contributed by atoms with E-state index in [0.29, 0.717) is 37.5 Å². The second-order valence-corrected chi connectivity index (χ2v) is 12.6. The molecule has 2 rings (SSSR count). The van der Waals surface area contributed by atoms with Gasteiger partial charge in [0, 0.05) is 25.6 Å². The number of nitrogens with one attached hydrogen (secondary N) is 1. The Hall–Kier alpha value is -1.15. The van der Waals surface area contributed by atoms with Crippen LogP contribution in [0.4, 0.5) is 20.3 Å². The second-order valence-electron chi connectivity index (χ2n) is 7.18. The van der Waals surface area contributed by atoms with Crippen LogP contribution < -0.4 is 10.6 Å². The predicted molar refractivity (Wildman–Crippen MR) is 87.3 cm³/mol. The van der Waals surface area contributed by atoms with Gasteiger partial charge in [0.2, 0.25) is 0 Å². The fourth-order valence-electron chi connectivity index (χ4n) is 2.51. The molecule has 5 nitrogen and oxygen atoms in total. The zero-order valence-electron chi connectivity index (χ0n) is 13.6. The van der Waals surface area contributed by atoms with Crippen molar-refractivity contribution in [3.8, 4) is 0 Å². The Morgan fingerprint density at radius 2 is 2.14 bits per heavy atom. The summed E-state index contributed by atoms with van der Waals surface area (Å²) in [6.45, 7) is 7.54. The molecule has 1 saturated heterocycles. The summed E-state index contributed by atoms with van der Waals surface area (Å²) in [6, 6.07) is 0. The van der Waals surface area contributed by atoms with Gasteiger partial charge in [0.05, 0.1) is 32.6 Å². The highest BCUT2D eigenvalue weighted by atomic mass is 28.3. The molecule has 3 N–H and O–H groups in total. The molecule has 0 bridgehead atoms. The molecule has 0 aliphatic carbocycles. The number of alkyl halides is 2. The molecule has 2 heterocycles. The number of hydrogen-bond acceptors (Lipinski definition) is 4. The van der Waals surface area contributed by atoms with Crippen molar-refractivity contribution in [1.82, 2.24) is 10.2 Å². The van der Waals surface area contributed by atoms with Crippen LogP contribution in [0.2, 0.25) is 19.6 Å². The monoisotopic (exact) mass is 332 g/mol. The van der Waals surface area contributed by atoms with E-state index in [4.69, 9.17) is 10.5 Å². The quantitative estimate of drug-likeness (QED) is 0.621. The number of hydrogen-bond donors (Lipinski definition) is 2. The molecule has 1 aromatic rings. The average Bonchev–Trinajstić information content (AvgIpc) is 2.74. The first-order valence-corrected chi connectivity index (χ1v) is 11.4. The largest absolute Gasteiger partial charge is 0.394 e. The Kier molecular flexibility index (Phi) is 5.11. The summed E-state index contributed by atoms with van der Waals surface area (Å²) in [4.78, 5) is 1.57. The minimum atomic E-state index is -2.66. The summed E-state index contributed by atoms with van der Waals surface area (Å²) in [6.07, 6.45) is 1.80. The van der Waals surface area contributed by atoms with E-state index < -0.39 is 14.0 Å². The lowest BCUT2D eigenvalue weighted by Crippen LogP contribution is -2.43. The highest BCUT2D eigenvalue weighted by Crippen LogP contribution is 2.32. The fourth-order valence-corrected chi connectivity index (χ4v) is 3.26. The maximum Gasteiger partial charge on any atom is 0.265 e. The zero-order valence-corrected chi connectivity index (χ0v) is 14.6. The number of nitrogen functional groups attached to an aromatic ring is 1. The number of H-pyrrole nitrogens is 1. The summed E-state index contributed by atoms with van der Waals surface area (Å²) in [5.41, 5.74) is 7.29. The van der Waals surface area contributed by atoms with E-state index in [-0.39, 0.29) is 13.0 Å². The topological polar surface area (TPSA) is 67.2 Å². The minimum absolute atomic E-state index is 0.0643. The maximum atomic E-state index is 13.5. The Morgan fingerprint density at radius 3 is 2.77 bits per heavy atom. The summed E-state index contributed by atoms with van der Waals surface area (Å²) >= 11 is 0. The van der Waals surface area contributed by atoms with Gasteiger partial charge >= 0.3 is 0 Å². The van der Waals surface area contributed by atoms with Gasteiger partial charge in [-0.2, -0.15) is 5.10 Å². The number of halogens is 2. The van der Waals surface area contributed by atoms with Crippen molar-refractivity contribution in [2.75, 3.05) is 36.6 Å². The van der Waals surface area contributed by atoms with Crippen molar-refractivity contribution >= 4 is 19.6 Å². The van der Waals surface area contributed by atoms with E-state index in [1.807, 2.05) is 0 Å². The summed E-state index contributed by atoms with van der Waals surface area (Å²) in [5.74, 6) is -2.22. The summed E-state index contributed by atoms with van der Waals surface area (Å²) < 4.78 is 32.7. The van der Waals surface area contributed by atoms with Crippen molar-refractivity contribution in [3.63, 3.8) is 0 Å². The Balaban J connectivity index is 1.92. The van der Waals surface area contributed by atoms with Gasteiger partial charge in [-0.1, -0.05) is 19.6 Å². The zero-order chi connectivity index (χ0) is 16.4. The van der Waals surface area contributed by atoms with Crippen LogP contribution in [-0.4, -0.2) is 50.1 Å². The number of aromatic nitrogens is 2. The number of ether oxygens (including phenoxy) is 1. The first-order chi connectivity index (χ1) is 10.2. The van der Waals surface area contributed by atoms with E-state index in [1.165, 1.54) is 0 Å². The van der Waals surface area contributed by atoms with Crippen LogP contribution >= 0.6 is 0 Å². The van der Waals surface area contributed by atoms with Crippen molar-refractivity contribution < 1.29 is 13.5 Å². The van der Waals surface area contributed by atoms with Crippen LogP contribution in [0.3, 0.4) is 0 Å². The van der Waals surface area contributed by atoms with Gasteiger partial charge in [-0.05, 0) is 6.42 Å². The Labute approximate surface area is 131 Å². The van der Waals surface area contributed by atoms with Crippen LogP contribution in [0.25, 0.3) is 0 Å². The molecule has 8 heteroatoms. The lowest BCUT2D eigenvalue weighted by Gasteiger charge is -2.32. The predicted octanol–water partition coefficient (Wildman–Crippen LogP) is 2.66. The molecule has 0 atom stereocenters. The van der Waals surface area contributed by atoms with E-state index in [0.717, 1.165) is 11.9 Å². The normalized spacial score (nSPS) is 18.7. The first-order valence-electron chi connectivity index (χ1n) is 7.71.